The van der Waals surface area contributed by atoms with Gasteiger partial charge < -0.3 is 25.2 Å². The molecular weight excluding hydrogens is 252 g/mol. The molecule has 0 fully saturated rings. The topological polar surface area (TPSA) is 96.9 Å². The third kappa shape index (κ3) is 9.26. The third-order valence-corrected chi connectivity index (χ3v) is 2.77. The fourth-order valence-electron chi connectivity index (χ4n) is 1.51. The van der Waals surface area contributed by atoms with E-state index in [1.807, 2.05) is 6.92 Å². The Labute approximate surface area is 113 Å². The third-order valence-electron chi connectivity index (χ3n) is 2.77. The van der Waals surface area contributed by atoms with Crippen molar-refractivity contribution in [2.24, 2.45) is 5.92 Å². The van der Waals surface area contributed by atoms with Crippen molar-refractivity contribution in [1.29, 1.82) is 0 Å². The highest BCUT2D eigenvalue weighted by Crippen LogP contribution is 2.06. The number of rotatable bonds is 10. The summed E-state index contributed by atoms with van der Waals surface area (Å²) >= 11 is 0. The molecule has 0 heterocycles. The zero-order valence-electron chi connectivity index (χ0n) is 11.8. The fourth-order valence-corrected chi connectivity index (χ4v) is 1.51. The molecule has 19 heavy (non-hydrogen) atoms. The predicted octanol–water partition coefficient (Wildman–Crippen LogP) is 0.448. The summed E-state index contributed by atoms with van der Waals surface area (Å²) in [6.07, 6.45) is 0.565. The molecule has 0 saturated carbocycles. The van der Waals surface area contributed by atoms with E-state index in [-0.39, 0.29) is 24.5 Å². The summed E-state index contributed by atoms with van der Waals surface area (Å²) in [6.45, 7) is 2.97. The molecule has 0 radical (unpaired) electrons. The van der Waals surface area contributed by atoms with Gasteiger partial charge in [0.25, 0.3) is 0 Å². The molecule has 0 rings (SSSR count). The van der Waals surface area contributed by atoms with Gasteiger partial charge in [0.05, 0.1) is 12.7 Å². The molecule has 2 unspecified atom stereocenters. The van der Waals surface area contributed by atoms with Crippen LogP contribution in [0.2, 0.25) is 0 Å². The highest BCUT2D eigenvalue weighted by Gasteiger charge is 2.13. The molecule has 112 valence electrons. The Kier molecular flexibility index (Phi) is 9.82. The molecule has 0 aliphatic heterocycles. The molecular formula is C12H24N2O5. The number of carbonyl (C=O) groups is 2. The highest BCUT2D eigenvalue weighted by molar-refractivity contribution is 5.74. The number of methoxy groups -OCH3 is 2. The molecule has 0 aromatic heterocycles. The van der Waals surface area contributed by atoms with Gasteiger partial charge in [-0.25, -0.2) is 4.79 Å². The Hall–Kier alpha value is -1.34. The number of hydrogen-bond acceptors (Lipinski definition) is 4. The van der Waals surface area contributed by atoms with Gasteiger partial charge in [-0.1, -0.05) is 13.3 Å². The number of nitrogens with one attached hydrogen (secondary N) is 2. The number of aliphatic carboxylic acids is 1. The molecule has 0 aliphatic carbocycles. The van der Waals surface area contributed by atoms with Gasteiger partial charge >= 0.3 is 12.0 Å². The van der Waals surface area contributed by atoms with Crippen LogP contribution in [-0.4, -0.2) is 57.1 Å². The first kappa shape index (κ1) is 17.7. The van der Waals surface area contributed by atoms with Gasteiger partial charge in [0.15, 0.2) is 0 Å². The summed E-state index contributed by atoms with van der Waals surface area (Å²) in [5.74, 6) is -0.908. The van der Waals surface area contributed by atoms with Gasteiger partial charge in [-0.05, 0) is 5.92 Å². The number of carboxylic acids is 1. The second-order valence-electron chi connectivity index (χ2n) is 4.28. The summed E-state index contributed by atoms with van der Waals surface area (Å²) in [6, 6.07) is -0.331. The lowest BCUT2D eigenvalue weighted by molar-refractivity contribution is -0.138. The summed E-state index contributed by atoms with van der Waals surface area (Å²) in [7, 11) is 3.10. The van der Waals surface area contributed by atoms with Gasteiger partial charge in [-0.2, -0.15) is 0 Å². The Morgan fingerprint density at radius 3 is 2.32 bits per heavy atom. The van der Waals surface area contributed by atoms with E-state index in [0.717, 1.165) is 0 Å². The first-order valence-electron chi connectivity index (χ1n) is 6.28. The summed E-state index contributed by atoms with van der Waals surface area (Å²) in [4.78, 5) is 22.1. The smallest absolute Gasteiger partial charge is 0.314 e. The molecule has 0 bridgehead atoms. The summed E-state index contributed by atoms with van der Waals surface area (Å²) in [5, 5.41) is 14.0. The molecule has 0 aromatic rings. The largest absolute Gasteiger partial charge is 0.481 e. The van der Waals surface area contributed by atoms with Crippen LogP contribution < -0.4 is 10.6 Å². The number of carboxylic acid groups (broad SMARTS) is 1. The van der Waals surface area contributed by atoms with Crippen molar-refractivity contribution >= 4 is 12.0 Å². The van der Waals surface area contributed by atoms with Crippen LogP contribution in [0.5, 0.6) is 0 Å². The van der Waals surface area contributed by atoms with E-state index in [9.17, 15) is 9.59 Å². The second kappa shape index (κ2) is 10.6. The zero-order chi connectivity index (χ0) is 14.7. The van der Waals surface area contributed by atoms with Crippen molar-refractivity contribution < 1.29 is 24.2 Å². The van der Waals surface area contributed by atoms with Gasteiger partial charge in [0, 0.05) is 33.7 Å². The van der Waals surface area contributed by atoms with Crippen LogP contribution in [0.3, 0.4) is 0 Å². The number of amides is 2. The number of ether oxygens (including phenoxy) is 2. The summed E-state index contributed by atoms with van der Waals surface area (Å²) in [5.41, 5.74) is 0. The molecule has 0 spiro atoms. The van der Waals surface area contributed by atoms with E-state index < -0.39 is 5.97 Å². The van der Waals surface area contributed by atoms with E-state index in [1.165, 1.54) is 0 Å². The molecule has 2 atom stereocenters. The van der Waals surface area contributed by atoms with Crippen molar-refractivity contribution in [3.8, 4) is 0 Å². The lowest BCUT2D eigenvalue weighted by Crippen LogP contribution is -2.43. The average Bonchev–Trinajstić information content (AvgIpc) is 2.38. The minimum absolute atomic E-state index is 0.0551. The van der Waals surface area contributed by atoms with Gasteiger partial charge in [0.1, 0.15) is 0 Å². The number of hydrogen-bond donors (Lipinski definition) is 3. The number of urea groups is 1. The standard InChI is InChI=1S/C12H24N2O5/c1-4-9(5-11(15)16)6-13-12(17)14-7-10(19-3)8-18-2/h9-10H,4-8H2,1-3H3,(H,15,16)(H2,13,14,17). The lowest BCUT2D eigenvalue weighted by atomic mass is 10.0. The van der Waals surface area contributed by atoms with Crippen molar-refractivity contribution in [2.75, 3.05) is 33.9 Å². The molecule has 0 aliphatic rings. The second-order valence-corrected chi connectivity index (χ2v) is 4.28. The van der Waals surface area contributed by atoms with Crippen LogP contribution in [0, 0.1) is 5.92 Å². The van der Waals surface area contributed by atoms with E-state index >= 15 is 0 Å². The Morgan fingerprint density at radius 2 is 1.84 bits per heavy atom. The molecule has 0 aromatic carbocycles. The lowest BCUT2D eigenvalue weighted by Gasteiger charge is -2.17. The molecule has 7 heteroatoms. The molecule has 7 nitrogen and oxygen atoms in total. The van der Waals surface area contributed by atoms with Crippen LogP contribution in [0.25, 0.3) is 0 Å². The maximum atomic E-state index is 11.5. The van der Waals surface area contributed by atoms with Gasteiger partial charge in [-0.3, -0.25) is 4.79 Å². The predicted molar refractivity (Wildman–Crippen MR) is 70.1 cm³/mol. The fraction of sp³-hybridized carbons (Fsp3) is 0.833. The molecule has 3 N–H and O–H groups in total. The average molecular weight is 276 g/mol. The van der Waals surface area contributed by atoms with E-state index in [2.05, 4.69) is 10.6 Å². The quantitative estimate of drug-likeness (QED) is 0.538. The van der Waals surface area contributed by atoms with Crippen molar-refractivity contribution in [2.45, 2.75) is 25.9 Å². The Balaban J connectivity index is 3.87. The van der Waals surface area contributed by atoms with Gasteiger partial charge in [0.2, 0.25) is 0 Å². The van der Waals surface area contributed by atoms with Crippen molar-refractivity contribution in [1.82, 2.24) is 10.6 Å². The molecule has 2 amide bonds. The Morgan fingerprint density at radius 1 is 1.21 bits per heavy atom. The first-order valence-corrected chi connectivity index (χ1v) is 6.28. The van der Waals surface area contributed by atoms with Crippen LogP contribution >= 0.6 is 0 Å². The van der Waals surface area contributed by atoms with E-state index in [1.54, 1.807) is 14.2 Å². The van der Waals surface area contributed by atoms with Crippen LogP contribution in [0.15, 0.2) is 0 Å². The SMILES string of the molecule is CCC(CNC(=O)NCC(COC)OC)CC(=O)O. The Bertz CT molecular complexity index is 273. The minimum Gasteiger partial charge on any atom is -0.481 e. The number of carbonyl (C=O) groups excluding carboxylic acids is 1. The minimum atomic E-state index is -0.853. The van der Waals surface area contributed by atoms with Crippen LogP contribution in [0.1, 0.15) is 19.8 Å². The van der Waals surface area contributed by atoms with Gasteiger partial charge in [-0.15, -0.1) is 0 Å². The maximum absolute atomic E-state index is 11.5. The zero-order valence-corrected chi connectivity index (χ0v) is 11.8. The highest BCUT2D eigenvalue weighted by atomic mass is 16.5. The van der Waals surface area contributed by atoms with Crippen LogP contribution in [-0.2, 0) is 14.3 Å². The monoisotopic (exact) mass is 276 g/mol. The first-order chi connectivity index (χ1) is 9.03. The molecule has 0 saturated heterocycles. The normalized spacial score (nSPS) is 13.6. The van der Waals surface area contributed by atoms with Crippen molar-refractivity contribution in [3.05, 3.63) is 0 Å². The maximum Gasteiger partial charge on any atom is 0.314 e. The summed E-state index contributed by atoms with van der Waals surface area (Å²) < 4.78 is 10.0. The van der Waals surface area contributed by atoms with Crippen LogP contribution in [0.4, 0.5) is 4.79 Å². The van der Waals surface area contributed by atoms with E-state index in [4.69, 9.17) is 14.6 Å². The van der Waals surface area contributed by atoms with Crippen molar-refractivity contribution in [3.63, 3.8) is 0 Å². The van der Waals surface area contributed by atoms with E-state index in [0.29, 0.717) is 26.1 Å².